The van der Waals surface area contributed by atoms with Gasteiger partial charge >= 0.3 is 0 Å². The fraction of sp³-hybridized carbons (Fsp3) is 0.357. The summed E-state index contributed by atoms with van der Waals surface area (Å²) >= 11 is 6.74. The number of para-hydroxylation sites is 1. The number of fused-ring (bicyclic) bond motifs is 5. The van der Waals surface area contributed by atoms with E-state index in [1.807, 2.05) is 18.2 Å². The van der Waals surface area contributed by atoms with Crippen molar-refractivity contribution in [2.24, 2.45) is 0 Å². The summed E-state index contributed by atoms with van der Waals surface area (Å²) in [6.45, 7) is 0.672. The molecule has 1 aliphatic carbocycles. The molecular weight excluding hydrogens is 344 g/mol. The first-order valence-corrected chi connectivity index (χ1v) is 8.63. The Morgan fingerprint density at radius 3 is 3.05 bits per heavy atom. The number of alkyl halides is 1. The predicted octanol–water partition coefficient (Wildman–Crippen LogP) is 3.77. The van der Waals surface area contributed by atoms with Gasteiger partial charge in [-0.3, -0.25) is 4.79 Å². The normalized spacial score (nSPS) is 27.9. The van der Waals surface area contributed by atoms with E-state index in [2.05, 4.69) is 22.0 Å². The van der Waals surface area contributed by atoms with Crippen molar-refractivity contribution in [3.8, 4) is 5.75 Å². The monoisotopic (exact) mass is 354 g/mol. The summed E-state index contributed by atoms with van der Waals surface area (Å²) in [6.07, 6.45) is 2.00. The number of ether oxygens (including phenoxy) is 1. The minimum Gasteiger partial charge on any atom is -0.492 e. The SMILES string of the molecule is O=c1sc2c(s1)C1c3ccccc3OCC1(Br)CC2. The van der Waals surface area contributed by atoms with Crippen molar-refractivity contribution in [1.29, 1.82) is 0 Å². The molecule has 2 aliphatic rings. The van der Waals surface area contributed by atoms with Gasteiger partial charge in [0.25, 0.3) is 4.06 Å². The molecule has 2 heterocycles. The molecule has 2 nitrogen and oxygen atoms in total. The number of hydrogen-bond donors (Lipinski definition) is 0. The molecule has 2 aromatic rings. The van der Waals surface area contributed by atoms with Gasteiger partial charge in [-0.05, 0) is 18.9 Å². The summed E-state index contributed by atoms with van der Waals surface area (Å²) in [7, 11) is 0. The zero-order valence-corrected chi connectivity index (χ0v) is 13.2. The van der Waals surface area contributed by atoms with Crippen LogP contribution in [0.4, 0.5) is 0 Å². The Balaban J connectivity index is 1.98. The Labute approximate surface area is 127 Å². The molecule has 1 aliphatic heterocycles. The van der Waals surface area contributed by atoms with E-state index in [1.54, 1.807) is 0 Å². The van der Waals surface area contributed by atoms with Crippen LogP contribution in [0.5, 0.6) is 5.75 Å². The van der Waals surface area contributed by atoms with E-state index < -0.39 is 0 Å². The Bertz CT molecular complexity index is 705. The fourth-order valence-corrected chi connectivity index (χ4v) is 6.45. The van der Waals surface area contributed by atoms with Crippen LogP contribution in [0.2, 0.25) is 0 Å². The molecule has 0 bridgehead atoms. The van der Waals surface area contributed by atoms with E-state index in [4.69, 9.17) is 4.74 Å². The third-order valence-corrected chi connectivity index (χ3v) is 7.34. The number of aryl methyl sites for hydroxylation is 1. The molecule has 0 spiro atoms. The highest BCUT2D eigenvalue weighted by molar-refractivity contribution is 9.10. The summed E-state index contributed by atoms with van der Waals surface area (Å²) in [4.78, 5) is 14.3. The van der Waals surface area contributed by atoms with Crippen molar-refractivity contribution in [3.05, 3.63) is 48.4 Å². The lowest BCUT2D eigenvalue weighted by Gasteiger charge is -2.43. The number of hydrogen-bond acceptors (Lipinski definition) is 4. The van der Waals surface area contributed by atoms with Gasteiger partial charge in [0.2, 0.25) is 0 Å². The molecule has 98 valence electrons. The molecule has 0 radical (unpaired) electrons. The quantitative estimate of drug-likeness (QED) is 0.673. The molecule has 5 heteroatoms. The Hall–Kier alpha value is -0.650. The molecule has 4 rings (SSSR count). The molecule has 0 amide bonds. The van der Waals surface area contributed by atoms with Gasteiger partial charge < -0.3 is 4.74 Å². The van der Waals surface area contributed by atoms with Gasteiger partial charge in [-0.15, -0.1) is 0 Å². The Morgan fingerprint density at radius 2 is 2.16 bits per heavy atom. The first-order valence-electron chi connectivity index (χ1n) is 6.21. The van der Waals surface area contributed by atoms with Gasteiger partial charge in [-0.2, -0.15) is 0 Å². The van der Waals surface area contributed by atoms with E-state index in [0.717, 1.165) is 18.6 Å². The highest BCUT2D eigenvalue weighted by atomic mass is 79.9. The van der Waals surface area contributed by atoms with Crippen molar-refractivity contribution in [2.75, 3.05) is 6.61 Å². The maximum Gasteiger partial charge on any atom is 0.287 e. The van der Waals surface area contributed by atoms with Crippen LogP contribution in [0, 0.1) is 0 Å². The molecule has 0 N–H and O–H groups in total. The lowest BCUT2D eigenvalue weighted by atomic mass is 9.76. The molecule has 0 fully saturated rings. The third kappa shape index (κ3) is 1.75. The molecule has 1 aromatic carbocycles. The first-order chi connectivity index (χ1) is 9.17. The van der Waals surface area contributed by atoms with Gasteiger partial charge in [0, 0.05) is 21.2 Å². The maximum atomic E-state index is 11.7. The second-order valence-electron chi connectivity index (χ2n) is 5.04. The van der Waals surface area contributed by atoms with Crippen LogP contribution in [0.1, 0.15) is 27.7 Å². The smallest absolute Gasteiger partial charge is 0.287 e. The second-order valence-corrected chi connectivity index (χ2v) is 8.96. The topological polar surface area (TPSA) is 26.3 Å². The molecular formula is C14H11BrO2S2. The highest BCUT2D eigenvalue weighted by Gasteiger charge is 2.48. The number of benzene rings is 1. The van der Waals surface area contributed by atoms with Crippen molar-refractivity contribution in [3.63, 3.8) is 0 Å². The van der Waals surface area contributed by atoms with Gasteiger partial charge in [0.1, 0.15) is 12.4 Å². The van der Waals surface area contributed by atoms with Crippen molar-refractivity contribution < 1.29 is 4.74 Å². The third-order valence-electron chi connectivity index (χ3n) is 3.92. The van der Waals surface area contributed by atoms with Crippen LogP contribution in [-0.4, -0.2) is 10.9 Å². The van der Waals surface area contributed by atoms with Gasteiger partial charge in [-0.1, -0.05) is 56.8 Å². The van der Waals surface area contributed by atoms with Crippen molar-refractivity contribution in [1.82, 2.24) is 0 Å². The van der Waals surface area contributed by atoms with Gasteiger partial charge in [0.15, 0.2) is 0 Å². The first kappa shape index (κ1) is 12.1. The lowest BCUT2D eigenvalue weighted by Crippen LogP contribution is -2.43. The molecule has 0 saturated carbocycles. The average molecular weight is 355 g/mol. The van der Waals surface area contributed by atoms with Crippen LogP contribution in [0.25, 0.3) is 0 Å². The fourth-order valence-electron chi connectivity index (χ4n) is 3.04. The van der Waals surface area contributed by atoms with Crippen LogP contribution < -0.4 is 8.79 Å². The van der Waals surface area contributed by atoms with E-state index >= 15 is 0 Å². The van der Waals surface area contributed by atoms with Crippen molar-refractivity contribution in [2.45, 2.75) is 23.1 Å². The maximum absolute atomic E-state index is 11.7. The standard InChI is InChI=1S/C14H11BrO2S2/c15-14-6-5-10-12(19-13(16)18-10)11(14)8-3-1-2-4-9(8)17-7-14/h1-4,11H,5-7H2. The Kier molecular flexibility index (Phi) is 2.66. The molecule has 0 saturated heterocycles. The zero-order chi connectivity index (χ0) is 13.0. The van der Waals surface area contributed by atoms with E-state index in [0.29, 0.717) is 6.61 Å². The van der Waals surface area contributed by atoms with Crippen LogP contribution in [-0.2, 0) is 6.42 Å². The molecule has 1 aromatic heterocycles. The average Bonchev–Trinajstić information content (AvgIpc) is 2.78. The lowest BCUT2D eigenvalue weighted by molar-refractivity contribution is 0.222. The number of halogens is 1. The summed E-state index contributed by atoms with van der Waals surface area (Å²) < 4.78 is 6.06. The van der Waals surface area contributed by atoms with E-state index in [-0.39, 0.29) is 14.3 Å². The summed E-state index contributed by atoms with van der Waals surface area (Å²) in [6, 6.07) is 8.19. The number of rotatable bonds is 0. The van der Waals surface area contributed by atoms with Gasteiger partial charge in [-0.25, -0.2) is 0 Å². The molecule has 2 unspecified atom stereocenters. The minimum atomic E-state index is -0.0572. The largest absolute Gasteiger partial charge is 0.492 e. The van der Waals surface area contributed by atoms with E-state index in [9.17, 15) is 4.79 Å². The minimum absolute atomic E-state index is 0.0572. The highest BCUT2D eigenvalue weighted by Crippen LogP contribution is 2.54. The summed E-state index contributed by atoms with van der Waals surface area (Å²) in [5.41, 5.74) is 1.21. The van der Waals surface area contributed by atoms with Crippen LogP contribution >= 0.6 is 38.6 Å². The predicted molar refractivity (Wildman–Crippen MR) is 82.2 cm³/mol. The van der Waals surface area contributed by atoms with Gasteiger partial charge in [0.05, 0.1) is 4.32 Å². The van der Waals surface area contributed by atoms with Crippen LogP contribution in [0.15, 0.2) is 29.1 Å². The molecule has 2 atom stereocenters. The molecule has 19 heavy (non-hydrogen) atoms. The Morgan fingerprint density at radius 1 is 1.32 bits per heavy atom. The summed E-state index contributed by atoms with van der Waals surface area (Å²) in [5.74, 6) is 1.21. The van der Waals surface area contributed by atoms with Crippen molar-refractivity contribution >= 4 is 38.6 Å². The van der Waals surface area contributed by atoms with E-state index in [1.165, 1.54) is 38.0 Å². The zero-order valence-electron chi connectivity index (χ0n) is 10.0. The summed E-state index contributed by atoms with van der Waals surface area (Å²) in [5, 5.41) is 0. The second kappa shape index (κ2) is 4.17. The van der Waals surface area contributed by atoms with Crippen LogP contribution in [0.3, 0.4) is 0 Å².